The average Bonchev–Trinajstić information content (AvgIpc) is 2.48. The maximum Gasteiger partial charge on any atom is 0.200 e. The summed E-state index contributed by atoms with van der Waals surface area (Å²) in [6, 6.07) is 13.5. The van der Waals surface area contributed by atoms with Crippen molar-refractivity contribution in [1.29, 1.82) is 0 Å². The number of hydrogen-bond acceptors (Lipinski definition) is 3. The second-order valence-corrected chi connectivity index (χ2v) is 5.57. The third-order valence-electron chi connectivity index (χ3n) is 3.26. The molecule has 0 aliphatic rings. The van der Waals surface area contributed by atoms with E-state index in [9.17, 15) is 4.79 Å². The van der Waals surface area contributed by atoms with Crippen LogP contribution >= 0.6 is 11.8 Å². The summed E-state index contributed by atoms with van der Waals surface area (Å²) in [5.41, 5.74) is 3.02. The van der Waals surface area contributed by atoms with Gasteiger partial charge in [0.25, 0.3) is 0 Å². The lowest BCUT2D eigenvalue weighted by Crippen LogP contribution is -2.11. The molecule has 2 aromatic carbocycles. The summed E-state index contributed by atoms with van der Waals surface area (Å²) in [5.74, 6) is 0.724. The maximum atomic E-state index is 12.1. The fourth-order valence-electron chi connectivity index (χ4n) is 1.82. The van der Waals surface area contributed by atoms with Crippen LogP contribution in [0.4, 0.5) is 0 Å². The van der Waals surface area contributed by atoms with Crippen molar-refractivity contribution in [1.82, 2.24) is 0 Å². The summed E-state index contributed by atoms with van der Waals surface area (Å²) in [4.78, 5) is 13.3. The number of carbonyl (C=O) groups excluding carboxylic acids is 1. The molecule has 0 spiro atoms. The summed E-state index contributed by atoms with van der Waals surface area (Å²) >= 11 is 1.68. The van der Waals surface area contributed by atoms with Gasteiger partial charge < -0.3 is 4.74 Å². The molecular weight excluding hydrogens is 268 g/mol. The second kappa shape index (κ2) is 6.62. The van der Waals surface area contributed by atoms with E-state index in [0.29, 0.717) is 5.56 Å². The summed E-state index contributed by atoms with van der Waals surface area (Å²) in [6.45, 7) is 4.11. The Morgan fingerprint density at radius 3 is 2.35 bits per heavy atom. The predicted octanol–water partition coefficient (Wildman–Crippen LogP) is 4.29. The van der Waals surface area contributed by atoms with Gasteiger partial charge in [-0.2, -0.15) is 0 Å². The molecule has 0 bridgehead atoms. The van der Waals surface area contributed by atoms with Crippen LogP contribution in [-0.2, 0) is 0 Å². The van der Waals surface area contributed by atoms with Crippen LogP contribution in [0.3, 0.4) is 0 Å². The van der Waals surface area contributed by atoms with Crippen molar-refractivity contribution in [3.63, 3.8) is 0 Å². The van der Waals surface area contributed by atoms with Crippen LogP contribution in [0.2, 0.25) is 0 Å². The topological polar surface area (TPSA) is 26.3 Å². The highest BCUT2D eigenvalue weighted by Crippen LogP contribution is 2.19. The zero-order valence-corrected chi connectivity index (χ0v) is 12.8. The third kappa shape index (κ3) is 3.64. The molecule has 104 valence electrons. The van der Waals surface area contributed by atoms with Gasteiger partial charge in [0.1, 0.15) is 5.75 Å². The highest BCUT2D eigenvalue weighted by molar-refractivity contribution is 7.98. The van der Waals surface area contributed by atoms with E-state index in [1.54, 1.807) is 11.8 Å². The molecular formula is C17H18O2S. The van der Waals surface area contributed by atoms with Gasteiger partial charge in [-0.1, -0.05) is 12.1 Å². The molecule has 0 atom stereocenters. The van der Waals surface area contributed by atoms with Gasteiger partial charge >= 0.3 is 0 Å². The molecule has 0 unspecified atom stereocenters. The Balaban J connectivity index is 1.98. The highest BCUT2D eigenvalue weighted by atomic mass is 32.2. The second-order valence-electron chi connectivity index (χ2n) is 4.69. The number of carbonyl (C=O) groups is 1. The first-order valence-corrected chi connectivity index (χ1v) is 7.70. The van der Waals surface area contributed by atoms with Gasteiger partial charge in [-0.05, 0) is 61.6 Å². The van der Waals surface area contributed by atoms with Crippen molar-refractivity contribution in [2.75, 3.05) is 12.9 Å². The number of rotatable bonds is 5. The number of Topliss-reactive ketones (excluding diaryl/α,β-unsaturated/α-hetero) is 1. The van der Waals surface area contributed by atoms with E-state index in [-0.39, 0.29) is 12.4 Å². The Hall–Kier alpha value is -1.74. The molecule has 0 amide bonds. The van der Waals surface area contributed by atoms with Crippen molar-refractivity contribution >= 4 is 17.5 Å². The van der Waals surface area contributed by atoms with Crippen molar-refractivity contribution in [2.24, 2.45) is 0 Å². The van der Waals surface area contributed by atoms with E-state index >= 15 is 0 Å². The molecule has 0 heterocycles. The Labute approximate surface area is 124 Å². The van der Waals surface area contributed by atoms with E-state index in [2.05, 4.69) is 0 Å². The molecule has 0 N–H and O–H groups in total. The Bertz CT molecular complexity index is 603. The molecule has 20 heavy (non-hydrogen) atoms. The van der Waals surface area contributed by atoms with E-state index in [0.717, 1.165) is 11.3 Å². The SMILES string of the molecule is CSc1ccc(OCC(=O)c2ccc(C)c(C)c2)cc1. The largest absolute Gasteiger partial charge is 0.485 e. The van der Waals surface area contributed by atoms with E-state index in [1.165, 1.54) is 10.5 Å². The van der Waals surface area contributed by atoms with Gasteiger partial charge in [0.05, 0.1) is 0 Å². The van der Waals surface area contributed by atoms with E-state index < -0.39 is 0 Å². The lowest BCUT2D eigenvalue weighted by Gasteiger charge is -2.07. The molecule has 0 aliphatic heterocycles. The first kappa shape index (κ1) is 14.7. The molecule has 0 aromatic heterocycles. The number of thioether (sulfide) groups is 1. The van der Waals surface area contributed by atoms with Gasteiger partial charge in [0, 0.05) is 10.5 Å². The quantitative estimate of drug-likeness (QED) is 0.606. The summed E-state index contributed by atoms with van der Waals surface area (Å²) in [6.07, 6.45) is 2.03. The summed E-state index contributed by atoms with van der Waals surface area (Å²) in [5, 5.41) is 0. The Morgan fingerprint density at radius 1 is 1.05 bits per heavy atom. The maximum absolute atomic E-state index is 12.1. The van der Waals surface area contributed by atoms with Crippen LogP contribution in [0.25, 0.3) is 0 Å². The number of ketones is 1. The van der Waals surface area contributed by atoms with Crippen LogP contribution in [0, 0.1) is 13.8 Å². The average molecular weight is 286 g/mol. The molecule has 0 fully saturated rings. The Kier molecular flexibility index (Phi) is 4.85. The molecule has 0 saturated heterocycles. The smallest absolute Gasteiger partial charge is 0.200 e. The Morgan fingerprint density at radius 2 is 1.75 bits per heavy atom. The van der Waals surface area contributed by atoms with Crippen LogP contribution in [0.1, 0.15) is 21.5 Å². The zero-order valence-electron chi connectivity index (χ0n) is 12.0. The predicted molar refractivity (Wildman–Crippen MR) is 84.0 cm³/mol. The molecule has 3 heteroatoms. The van der Waals surface area contributed by atoms with E-state index in [4.69, 9.17) is 4.74 Å². The fraction of sp³-hybridized carbons (Fsp3) is 0.235. The van der Waals surface area contributed by atoms with Crippen molar-refractivity contribution < 1.29 is 9.53 Å². The van der Waals surface area contributed by atoms with Crippen LogP contribution < -0.4 is 4.74 Å². The molecule has 0 radical (unpaired) electrons. The van der Waals surface area contributed by atoms with Crippen molar-refractivity contribution in [3.05, 3.63) is 59.2 Å². The number of aryl methyl sites for hydroxylation is 2. The van der Waals surface area contributed by atoms with Gasteiger partial charge in [-0.15, -0.1) is 11.8 Å². The minimum absolute atomic E-state index is 0.00189. The molecule has 0 saturated carbocycles. The van der Waals surface area contributed by atoms with Gasteiger partial charge in [0.15, 0.2) is 12.4 Å². The van der Waals surface area contributed by atoms with Crippen molar-refractivity contribution in [3.8, 4) is 5.75 Å². The van der Waals surface area contributed by atoms with Crippen LogP contribution in [0.5, 0.6) is 5.75 Å². The number of hydrogen-bond donors (Lipinski definition) is 0. The number of benzene rings is 2. The van der Waals surface area contributed by atoms with Crippen LogP contribution in [0.15, 0.2) is 47.4 Å². The highest BCUT2D eigenvalue weighted by Gasteiger charge is 2.08. The minimum atomic E-state index is 0.00189. The third-order valence-corrected chi connectivity index (χ3v) is 4.00. The van der Waals surface area contributed by atoms with E-state index in [1.807, 2.05) is 62.6 Å². The molecule has 2 rings (SSSR count). The summed E-state index contributed by atoms with van der Waals surface area (Å²) < 4.78 is 5.53. The van der Waals surface area contributed by atoms with Crippen LogP contribution in [-0.4, -0.2) is 18.6 Å². The fourth-order valence-corrected chi connectivity index (χ4v) is 2.23. The number of ether oxygens (including phenoxy) is 1. The molecule has 0 aliphatic carbocycles. The zero-order chi connectivity index (χ0) is 14.5. The normalized spacial score (nSPS) is 10.3. The van der Waals surface area contributed by atoms with Gasteiger partial charge in [0.2, 0.25) is 0 Å². The minimum Gasteiger partial charge on any atom is -0.485 e. The first-order valence-electron chi connectivity index (χ1n) is 6.47. The summed E-state index contributed by atoms with van der Waals surface area (Å²) in [7, 11) is 0. The lowest BCUT2D eigenvalue weighted by atomic mass is 10.0. The van der Waals surface area contributed by atoms with Gasteiger partial charge in [-0.3, -0.25) is 4.79 Å². The lowest BCUT2D eigenvalue weighted by molar-refractivity contribution is 0.0921. The first-order chi connectivity index (χ1) is 9.60. The van der Waals surface area contributed by atoms with Gasteiger partial charge in [-0.25, -0.2) is 0 Å². The monoisotopic (exact) mass is 286 g/mol. The molecule has 2 aromatic rings. The van der Waals surface area contributed by atoms with Crippen molar-refractivity contribution in [2.45, 2.75) is 18.7 Å². The standard InChI is InChI=1S/C17H18O2S/c1-12-4-5-14(10-13(12)2)17(18)11-19-15-6-8-16(20-3)9-7-15/h4-10H,11H2,1-3H3. The molecule has 2 nitrogen and oxygen atoms in total.